The van der Waals surface area contributed by atoms with Crippen LogP contribution >= 0.6 is 0 Å². The van der Waals surface area contributed by atoms with Crippen LogP contribution in [0.4, 0.5) is 5.69 Å². The van der Waals surface area contributed by atoms with E-state index in [0.29, 0.717) is 5.41 Å². The molecule has 2 heterocycles. The van der Waals surface area contributed by atoms with Crippen molar-refractivity contribution in [3.63, 3.8) is 0 Å². The second-order valence-corrected chi connectivity index (χ2v) is 6.17. The number of nitrogens with zero attached hydrogens (tertiary/aromatic N) is 2. The van der Waals surface area contributed by atoms with Gasteiger partial charge in [0.05, 0.1) is 5.69 Å². The van der Waals surface area contributed by atoms with Gasteiger partial charge in [0.1, 0.15) is 0 Å². The minimum Gasteiger partial charge on any atom is -0.399 e. The average Bonchev–Trinajstić information content (AvgIpc) is 2.65. The Labute approximate surface area is 104 Å². The summed E-state index contributed by atoms with van der Waals surface area (Å²) in [6.07, 6.45) is 3.09. The molecule has 0 spiro atoms. The first kappa shape index (κ1) is 12.4. The molecule has 1 aromatic heterocycles. The van der Waals surface area contributed by atoms with E-state index in [1.165, 1.54) is 19.5 Å². The zero-order valence-corrected chi connectivity index (χ0v) is 11.1. The first-order valence-electron chi connectivity index (χ1n) is 6.38. The molecule has 0 saturated carbocycles. The molecule has 3 nitrogen and oxygen atoms in total. The lowest BCUT2D eigenvalue weighted by atomic mass is 9.80. The SMILES string of the molecule is CC(C)(C)C1CCN(Cc2cc(N)ccn2)C1. The monoisotopic (exact) mass is 233 g/mol. The number of pyridine rings is 1. The molecule has 0 aromatic carbocycles. The van der Waals surface area contributed by atoms with Crippen molar-refractivity contribution in [1.29, 1.82) is 0 Å². The predicted molar refractivity (Wildman–Crippen MR) is 71.5 cm³/mol. The normalized spacial score (nSPS) is 21.9. The van der Waals surface area contributed by atoms with Crippen LogP contribution in [0.1, 0.15) is 32.9 Å². The van der Waals surface area contributed by atoms with Gasteiger partial charge in [0.25, 0.3) is 0 Å². The summed E-state index contributed by atoms with van der Waals surface area (Å²) in [6.45, 7) is 10.3. The summed E-state index contributed by atoms with van der Waals surface area (Å²) in [5.74, 6) is 0.795. The summed E-state index contributed by atoms with van der Waals surface area (Å²) in [4.78, 5) is 6.85. The number of anilines is 1. The standard InChI is InChI=1S/C14H23N3/c1-14(2,3)11-5-7-17(9-11)10-13-8-12(15)4-6-16-13/h4,6,8,11H,5,7,9-10H2,1-3H3,(H2,15,16). The third-order valence-electron chi connectivity index (χ3n) is 3.72. The smallest absolute Gasteiger partial charge is 0.0564 e. The minimum absolute atomic E-state index is 0.415. The maximum Gasteiger partial charge on any atom is 0.0564 e. The van der Waals surface area contributed by atoms with Gasteiger partial charge >= 0.3 is 0 Å². The molecule has 1 unspecified atom stereocenters. The summed E-state index contributed by atoms with van der Waals surface area (Å²) < 4.78 is 0. The van der Waals surface area contributed by atoms with E-state index < -0.39 is 0 Å². The minimum atomic E-state index is 0.415. The fraction of sp³-hybridized carbons (Fsp3) is 0.643. The topological polar surface area (TPSA) is 42.1 Å². The van der Waals surface area contributed by atoms with Crippen LogP contribution in [0.2, 0.25) is 0 Å². The molecule has 17 heavy (non-hydrogen) atoms. The van der Waals surface area contributed by atoms with Crippen LogP contribution in [0.5, 0.6) is 0 Å². The van der Waals surface area contributed by atoms with Crippen molar-refractivity contribution in [2.75, 3.05) is 18.8 Å². The molecule has 94 valence electrons. The van der Waals surface area contributed by atoms with Gasteiger partial charge in [-0.25, -0.2) is 0 Å². The number of aromatic nitrogens is 1. The van der Waals surface area contributed by atoms with Crippen LogP contribution in [-0.4, -0.2) is 23.0 Å². The van der Waals surface area contributed by atoms with Crippen molar-refractivity contribution < 1.29 is 0 Å². The van der Waals surface area contributed by atoms with Crippen LogP contribution in [-0.2, 0) is 6.54 Å². The lowest BCUT2D eigenvalue weighted by molar-refractivity contribution is 0.225. The third kappa shape index (κ3) is 3.19. The maximum atomic E-state index is 5.77. The molecule has 2 N–H and O–H groups in total. The third-order valence-corrected chi connectivity index (χ3v) is 3.72. The molecule has 2 rings (SSSR count). The maximum absolute atomic E-state index is 5.77. The number of nitrogen functional groups attached to an aromatic ring is 1. The molecule has 1 aromatic rings. The van der Waals surface area contributed by atoms with Gasteiger partial charge in [-0.3, -0.25) is 9.88 Å². The van der Waals surface area contributed by atoms with Gasteiger partial charge in [-0.1, -0.05) is 20.8 Å². The van der Waals surface area contributed by atoms with Gasteiger partial charge in [-0.2, -0.15) is 0 Å². The van der Waals surface area contributed by atoms with Crippen molar-refractivity contribution in [2.45, 2.75) is 33.7 Å². The van der Waals surface area contributed by atoms with Crippen molar-refractivity contribution in [2.24, 2.45) is 11.3 Å². The highest BCUT2D eigenvalue weighted by molar-refractivity contribution is 5.37. The highest BCUT2D eigenvalue weighted by atomic mass is 15.2. The lowest BCUT2D eigenvalue weighted by Gasteiger charge is -2.27. The largest absolute Gasteiger partial charge is 0.399 e. The summed E-state index contributed by atoms with van der Waals surface area (Å²) in [7, 11) is 0. The molecule has 1 saturated heterocycles. The van der Waals surface area contributed by atoms with Crippen LogP contribution < -0.4 is 5.73 Å². The molecular weight excluding hydrogens is 210 g/mol. The average molecular weight is 233 g/mol. The lowest BCUT2D eigenvalue weighted by Crippen LogP contribution is -2.26. The van der Waals surface area contributed by atoms with E-state index in [4.69, 9.17) is 5.73 Å². The second kappa shape index (κ2) is 4.65. The number of nitrogens with two attached hydrogens (primary N) is 1. The Bertz CT molecular complexity index is 381. The molecule has 0 radical (unpaired) electrons. The Hall–Kier alpha value is -1.09. The van der Waals surface area contributed by atoms with Gasteiger partial charge in [-0.15, -0.1) is 0 Å². The number of hydrogen-bond donors (Lipinski definition) is 1. The highest BCUT2D eigenvalue weighted by Gasteiger charge is 2.31. The van der Waals surface area contributed by atoms with E-state index in [1.807, 2.05) is 12.1 Å². The van der Waals surface area contributed by atoms with Gasteiger partial charge in [0, 0.05) is 25.0 Å². The van der Waals surface area contributed by atoms with E-state index in [2.05, 4.69) is 30.7 Å². The molecule has 1 aliphatic heterocycles. The number of hydrogen-bond acceptors (Lipinski definition) is 3. The van der Waals surface area contributed by atoms with E-state index >= 15 is 0 Å². The number of rotatable bonds is 2. The predicted octanol–water partition coefficient (Wildman–Crippen LogP) is 2.53. The Morgan fingerprint density at radius 3 is 2.82 bits per heavy atom. The summed E-state index contributed by atoms with van der Waals surface area (Å²) in [6, 6.07) is 3.82. The first-order valence-corrected chi connectivity index (χ1v) is 6.38. The van der Waals surface area contributed by atoms with Crippen molar-refractivity contribution in [3.05, 3.63) is 24.0 Å². The summed E-state index contributed by atoms with van der Waals surface area (Å²) in [5.41, 5.74) is 8.08. The molecule has 1 aliphatic rings. The highest BCUT2D eigenvalue weighted by Crippen LogP contribution is 2.33. The molecule has 0 bridgehead atoms. The zero-order valence-electron chi connectivity index (χ0n) is 11.1. The van der Waals surface area contributed by atoms with Crippen molar-refractivity contribution in [3.8, 4) is 0 Å². The Kier molecular flexibility index (Phi) is 3.38. The summed E-state index contributed by atoms with van der Waals surface area (Å²) >= 11 is 0. The van der Waals surface area contributed by atoms with Crippen LogP contribution in [0.3, 0.4) is 0 Å². The molecule has 0 amide bonds. The molecule has 3 heteroatoms. The molecule has 1 atom stereocenters. The van der Waals surface area contributed by atoms with Gasteiger partial charge < -0.3 is 5.73 Å². The van der Waals surface area contributed by atoms with Gasteiger partial charge in [-0.05, 0) is 36.4 Å². The van der Waals surface area contributed by atoms with Gasteiger partial charge in [0.2, 0.25) is 0 Å². The van der Waals surface area contributed by atoms with Gasteiger partial charge in [0.15, 0.2) is 0 Å². The molecule has 1 fully saturated rings. The van der Waals surface area contributed by atoms with E-state index in [0.717, 1.165) is 23.8 Å². The quantitative estimate of drug-likeness (QED) is 0.853. The fourth-order valence-electron chi connectivity index (χ4n) is 2.50. The first-order chi connectivity index (χ1) is 7.95. The van der Waals surface area contributed by atoms with E-state index in [-0.39, 0.29) is 0 Å². The van der Waals surface area contributed by atoms with Crippen LogP contribution in [0.15, 0.2) is 18.3 Å². The Morgan fingerprint density at radius 1 is 1.47 bits per heavy atom. The molecule has 0 aliphatic carbocycles. The summed E-state index contributed by atoms with van der Waals surface area (Å²) in [5, 5.41) is 0. The Balaban J connectivity index is 1.94. The van der Waals surface area contributed by atoms with Crippen LogP contribution in [0.25, 0.3) is 0 Å². The molecular formula is C14H23N3. The second-order valence-electron chi connectivity index (χ2n) is 6.17. The van der Waals surface area contributed by atoms with E-state index in [1.54, 1.807) is 6.20 Å². The van der Waals surface area contributed by atoms with E-state index in [9.17, 15) is 0 Å². The number of likely N-dealkylation sites (tertiary alicyclic amines) is 1. The van der Waals surface area contributed by atoms with Crippen molar-refractivity contribution in [1.82, 2.24) is 9.88 Å². The zero-order chi connectivity index (χ0) is 12.5. The fourth-order valence-corrected chi connectivity index (χ4v) is 2.50. The van der Waals surface area contributed by atoms with Crippen molar-refractivity contribution >= 4 is 5.69 Å². The van der Waals surface area contributed by atoms with Crippen LogP contribution in [0, 0.1) is 11.3 Å². The Morgan fingerprint density at radius 2 is 2.24 bits per heavy atom.